The Morgan fingerprint density at radius 3 is 2.50 bits per heavy atom. The number of rotatable bonds is 3. The standard InChI is InChI=1S/C20H20N4OS/c1-13-12-17(16-10-6-7-11-18(16)22-13)19(25)23-24(20(21)26)14(2)15-8-4-3-5-9-15/h3-12,14H,1-2H3,(H2,21,26)(H,23,25). The summed E-state index contributed by atoms with van der Waals surface area (Å²) in [6.45, 7) is 3.80. The molecular formula is C20H20N4OS. The molecule has 1 aromatic heterocycles. The van der Waals surface area contributed by atoms with Gasteiger partial charge in [-0.3, -0.25) is 20.2 Å². The lowest BCUT2D eigenvalue weighted by Gasteiger charge is -2.30. The van der Waals surface area contributed by atoms with Crippen LogP contribution in [-0.2, 0) is 0 Å². The Balaban J connectivity index is 1.93. The Kier molecular flexibility index (Phi) is 5.14. The number of aromatic nitrogens is 1. The van der Waals surface area contributed by atoms with Crippen molar-refractivity contribution in [1.82, 2.24) is 15.4 Å². The van der Waals surface area contributed by atoms with E-state index in [1.54, 1.807) is 6.07 Å². The van der Waals surface area contributed by atoms with E-state index in [0.717, 1.165) is 22.2 Å². The normalized spacial score (nSPS) is 11.8. The van der Waals surface area contributed by atoms with Crippen LogP contribution in [0.25, 0.3) is 10.9 Å². The maximum absolute atomic E-state index is 13.0. The van der Waals surface area contributed by atoms with Crippen molar-refractivity contribution < 1.29 is 4.79 Å². The Morgan fingerprint density at radius 1 is 1.15 bits per heavy atom. The van der Waals surface area contributed by atoms with Gasteiger partial charge in [0.15, 0.2) is 5.11 Å². The fourth-order valence-corrected chi connectivity index (χ4v) is 3.09. The smallest absolute Gasteiger partial charge is 0.270 e. The summed E-state index contributed by atoms with van der Waals surface area (Å²) in [7, 11) is 0. The van der Waals surface area contributed by atoms with Crippen molar-refractivity contribution in [3.63, 3.8) is 0 Å². The summed E-state index contributed by atoms with van der Waals surface area (Å²) in [6.07, 6.45) is 0. The van der Waals surface area contributed by atoms with Gasteiger partial charge in [0.1, 0.15) is 0 Å². The molecule has 2 aromatic carbocycles. The van der Waals surface area contributed by atoms with Crippen molar-refractivity contribution in [3.05, 3.63) is 77.5 Å². The third kappa shape index (κ3) is 3.65. The zero-order chi connectivity index (χ0) is 18.7. The number of amides is 1. The SMILES string of the molecule is Cc1cc(C(=O)NN(C(N)=S)C(C)c2ccccc2)c2ccccc2n1. The molecule has 26 heavy (non-hydrogen) atoms. The third-order valence-electron chi connectivity index (χ3n) is 4.22. The minimum atomic E-state index is -0.276. The Hall–Kier alpha value is -2.99. The molecule has 0 saturated carbocycles. The highest BCUT2D eigenvalue weighted by Gasteiger charge is 2.21. The minimum absolute atomic E-state index is 0.102. The predicted octanol–water partition coefficient (Wildman–Crippen LogP) is 3.49. The monoisotopic (exact) mass is 364 g/mol. The lowest BCUT2D eigenvalue weighted by Crippen LogP contribution is -2.49. The lowest BCUT2D eigenvalue weighted by molar-refractivity contribution is 0.0842. The second-order valence-electron chi connectivity index (χ2n) is 6.06. The molecule has 0 fully saturated rings. The van der Waals surface area contributed by atoms with Gasteiger partial charge < -0.3 is 5.73 Å². The van der Waals surface area contributed by atoms with Gasteiger partial charge in [0.25, 0.3) is 5.91 Å². The van der Waals surface area contributed by atoms with Crippen molar-refractivity contribution >= 4 is 34.1 Å². The topological polar surface area (TPSA) is 71.2 Å². The quantitative estimate of drug-likeness (QED) is 0.550. The first-order chi connectivity index (χ1) is 12.5. The average molecular weight is 364 g/mol. The number of nitrogens with zero attached hydrogens (tertiary/aromatic N) is 2. The van der Waals surface area contributed by atoms with Crippen molar-refractivity contribution in [3.8, 4) is 0 Å². The van der Waals surface area contributed by atoms with E-state index in [9.17, 15) is 4.79 Å². The second kappa shape index (κ2) is 7.49. The molecule has 1 heterocycles. The van der Waals surface area contributed by atoms with Crippen molar-refractivity contribution in [1.29, 1.82) is 0 Å². The van der Waals surface area contributed by atoms with E-state index in [4.69, 9.17) is 18.0 Å². The Labute approximate surface area is 157 Å². The summed E-state index contributed by atoms with van der Waals surface area (Å²) in [4.78, 5) is 17.4. The summed E-state index contributed by atoms with van der Waals surface area (Å²) < 4.78 is 0. The van der Waals surface area contributed by atoms with Crippen LogP contribution in [0.5, 0.6) is 0 Å². The Morgan fingerprint density at radius 2 is 1.81 bits per heavy atom. The number of hydrogen-bond donors (Lipinski definition) is 2. The van der Waals surface area contributed by atoms with E-state index >= 15 is 0 Å². The number of carbonyl (C=O) groups excluding carboxylic acids is 1. The molecule has 3 N–H and O–H groups in total. The van der Waals surface area contributed by atoms with Gasteiger partial charge in [-0.2, -0.15) is 0 Å². The maximum atomic E-state index is 13.0. The Bertz CT molecular complexity index is 958. The van der Waals surface area contributed by atoms with Gasteiger partial charge in [-0.1, -0.05) is 48.5 Å². The van der Waals surface area contributed by atoms with Gasteiger partial charge in [-0.05, 0) is 43.8 Å². The first-order valence-corrected chi connectivity index (χ1v) is 8.69. The van der Waals surface area contributed by atoms with Crippen LogP contribution >= 0.6 is 12.2 Å². The van der Waals surface area contributed by atoms with Crippen molar-refractivity contribution in [2.45, 2.75) is 19.9 Å². The first kappa shape index (κ1) is 17.8. The molecule has 0 aliphatic rings. The van der Waals surface area contributed by atoms with Gasteiger partial charge in [0.05, 0.1) is 17.1 Å². The van der Waals surface area contributed by atoms with Crippen LogP contribution in [0.4, 0.5) is 0 Å². The molecule has 0 spiro atoms. The van der Waals surface area contributed by atoms with E-state index in [2.05, 4.69) is 10.4 Å². The molecule has 1 amide bonds. The zero-order valence-corrected chi connectivity index (χ0v) is 15.5. The molecule has 132 valence electrons. The third-order valence-corrected chi connectivity index (χ3v) is 4.41. The molecule has 0 radical (unpaired) electrons. The number of nitrogens with one attached hydrogen (secondary N) is 1. The van der Waals surface area contributed by atoms with Crippen LogP contribution in [-0.4, -0.2) is 21.0 Å². The van der Waals surface area contributed by atoms with Crippen LogP contribution in [0.3, 0.4) is 0 Å². The highest BCUT2D eigenvalue weighted by Crippen LogP contribution is 2.21. The van der Waals surface area contributed by atoms with Crippen LogP contribution in [0.15, 0.2) is 60.7 Å². The average Bonchev–Trinajstić information content (AvgIpc) is 2.65. The molecule has 5 nitrogen and oxygen atoms in total. The van der Waals surface area contributed by atoms with Crippen LogP contribution < -0.4 is 11.2 Å². The number of thiocarbonyl (C=S) groups is 1. The van der Waals surface area contributed by atoms with Crippen LogP contribution in [0.1, 0.15) is 34.6 Å². The number of fused-ring (bicyclic) bond motifs is 1. The largest absolute Gasteiger partial charge is 0.375 e. The second-order valence-corrected chi connectivity index (χ2v) is 6.48. The fourth-order valence-electron chi connectivity index (χ4n) is 2.89. The molecule has 0 bridgehead atoms. The van der Waals surface area contributed by atoms with Gasteiger partial charge in [0, 0.05) is 11.1 Å². The molecule has 3 rings (SSSR count). The highest BCUT2D eigenvalue weighted by molar-refractivity contribution is 7.80. The highest BCUT2D eigenvalue weighted by atomic mass is 32.1. The van der Waals surface area contributed by atoms with Gasteiger partial charge >= 0.3 is 0 Å². The lowest BCUT2D eigenvalue weighted by atomic mass is 10.1. The number of hydrogen-bond acceptors (Lipinski definition) is 3. The van der Waals surface area contributed by atoms with E-state index in [1.165, 1.54) is 5.01 Å². The zero-order valence-electron chi connectivity index (χ0n) is 14.6. The summed E-state index contributed by atoms with van der Waals surface area (Å²) in [5, 5.41) is 2.40. The first-order valence-electron chi connectivity index (χ1n) is 8.28. The number of aryl methyl sites for hydroxylation is 1. The summed E-state index contributed by atoms with van der Waals surface area (Å²) >= 11 is 5.16. The molecule has 3 aromatic rings. The number of hydrazine groups is 1. The van der Waals surface area contributed by atoms with Crippen LogP contribution in [0.2, 0.25) is 0 Å². The number of benzene rings is 2. The van der Waals surface area contributed by atoms with E-state index in [0.29, 0.717) is 5.56 Å². The summed E-state index contributed by atoms with van der Waals surface area (Å²) in [6, 6.07) is 18.8. The molecule has 6 heteroatoms. The van der Waals surface area contributed by atoms with Gasteiger partial charge in [-0.15, -0.1) is 0 Å². The van der Waals surface area contributed by atoms with Gasteiger partial charge in [-0.25, -0.2) is 0 Å². The van der Waals surface area contributed by atoms with E-state index in [-0.39, 0.29) is 17.1 Å². The van der Waals surface area contributed by atoms with Crippen molar-refractivity contribution in [2.75, 3.05) is 0 Å². The molecule has 1 atom stereocenters. The van der Waals surface area contributed by atoms with Crippen molar-refractivity contribution in [2.24, 2.45) is 5.73 Å². The maximum Gasteiger partial charge on any atom is 0.270 e. The minimum Gasteiger partial charge on any atom is -0.375 e. The molecule has 0 saturated heterocycles. The number of para-hydroxylation sites is 1. The van der Waals surface area contributed by atoms with E-state index in [1.807, 2.05) is 68.4 Å². The van der Waals surface area contributed by atoms with Gasteiger partial charge in [0.2, 0.25) is 0 Å². The number of nitrogens with two attached hydrogens (primary N) is 1. The molecule has 0 aliphatic heterocycles. The fraction of sp³-hybridized carbons (Fsp3) is 0.150. The number of carbonyl (C=O) groups is 1. The van der Waals surface area contributed by atoms with Crippen LogP contribution in [0, 0.1) is 6.92 Å². The predicted molar refractivity (Wildman–Crippen MR) is 107 cm³/mol. The number of pyridine rings is 1. The summed E-state index contributed by atoms with van der Waals surface area (Å²) in [5.41, 5.74) is 11.8. The van der Waals surface area contributed by atoms with E-state index < -0.39 is 0 Å². The molecular weight excluding hydrogens is 344 g/mol. The summed E-state index contributed by atoms with van der Waals surface area (Å²) in [5.74, 6) is -0.276. The molecule has 1 unspecified atom stereocenters. The molecule has 0 aliphatic carbocycles.